The molecule has 0 bridgehead atoms. The van der Waals surface area contributed by atoms with Crippen LogP contribution in [0.4, 0.5) is 33.7 Å². The number of hydrogen-bond acceptors (Lipinski definition) is 3. The first kappa shape index (κ1) is 21.1. The minimum Gasteiger partial charge on any atom is -0.370 e. The monoisotopic (exact) mass is 435 g/mol. The summed E-state index contributed by atoms with van der Waals surface area (Å²) < 4.78 is 53.5. The minimum atomic E-state index is -4.43. The van der Waals surface area contributed by atoms with E-state index in [4.69, 9.17) is 0 Å². The van der Waals surface area contributed by atoms with Gasteiger partial charge in [0.2, 0.25) is 0 Å². The Morgan fingerprint density at radius 3 is 2.26 bits per heavy atom. The number of hydrogen-bond donors (Lipinski definition) is 1. The molecular weight excluding hydrogens is 414 g/mol. The van der Waals surface area contributed by atoms with E-state index in [9.17, 15) is 27.2 Å². The molecule has 2 aliphatic rings. The molecule has 5 nitrogen and oxygen atoms in total. The quantitative estimate of drug-likeness (QED) is 0.564. The molecule has 2 saturated heterocycles. The number of Topliss-reactive ketones (excluding diaryl/α,β-unsaturated/α-hetero) is 1. The van der Waals surface area contributed by atoms with Crippen LogP contribution in [0.25, 0.3) is 0 Å². The van der Waals surface area contributed by atoms with Gasteiger partial charge in [0, 0.05) is 49.3 Å². The molecule has 0 radical (unpaired) electrons. The van der Waals surface area contributed by atoms with E-state index in [-0.39, 0.29) is 34.6 Å². The van der Waals surface area contributed by atoms with Gasteiger partial charge in [0.1, 0.15) is 5.82 Å². The second kappa shape index (κ2) is 7.86. The van der Waals surface area contributed by atoms with E-state index in [0.29, 0.717) is 26.2 Å². The van der Waals surface area contributed by atoms with Crippen LogP contribution >= 0.6 is 0 Å². The van der Waals surface area contributed by atoms with Crippen LogP contribution in [-0.4, -0.2) is 42.9 Å². The van der Waals surface area contributed by atoms with Crippen molar-refractivity contribution in [3.05, 3.63) is 59.4 Å². The third kappa shape index (κ3) is 4.22. The number of halogens is 4. The normalized spacial score (nSPS) is 20.7. The number of ketones is 1. The number of fused-ring (bicyclic) bond motifs is 1. The van der Waals surface area contributed by atoms with Gasteiger partial charge in [-0.1, -0.05) is 12.1 Å². The molecule has 2 amide bonds. The van der Waals surface area contributed by atoms with E-state index in [0.717, 1.165) is 18.2 Å². The number of carbonyl (C=O) groups is 2. The summed E-state index contributed by atoms with van der Waals surface area (Å²) in [6.45, 7) is 2.95. The number of benzene rings is 2. The maximum Gasteiger partial charge on any atom is 0.418 e. The first-order valence-corrected chi connectivity index (χ1v) is 9.91. The van der Waals surface area contributed by atoms with Crippen molar-refractivity contribution < 1.29 is 27.2 Å². The summed E-state index contributed by atoms with van der Waals surface area (Å²) in [6.07, 6.45) is -4.43. The first-order chi connectivity index (χ1) is 14.6. The molecule has 2 aromatic rings. The molecule has 0 unspecified atom stereocenters. The molecular formula is C22H21F4N3O2. The molecule has 0 spiro atoms. The van der Waals surface area contributed by atoms with Gasteiger partial charge in [-0.2, -0.15) is 13.2 Å². The van der Waals surface area contributed by atoms with Gasteiger partial charge in [0.05, 0.1) is 11.3 Å². The van der Waals surface area contributed by atoms with Crippen molar-refractivity contribution in [3.63, 3.8) is 0 Å². The van der Waals surface area contributed by atoms with Crippen molar-refractivity contribution in [3.8, 4) is 0 Å². The summed E-state index contributed by atoms with van der Waals surface area (Å²) in [5.41, 5.74) is -0.171. The van der Waals surface area contributed by atoms with Gasteiger partial charge >= 0.3 is 12.2 Å². The van der Waals surface area contributed by atoms with Crippen LogP contribution in [-0.2, 0) is 6.18 Å². The highest BCUT2D eigenvalue weighted by molar-refractivity contribution is 6.03. The van der Waals surface area contributed by atoms with Gasteiger partial charge < -0.3 is 15.1 Å². The molecule has 0 aliphatic carbocycles. The zero-order valence-corrected chi connectivity index (χ0v) is 16.7. The summed E-state index contributed by atoms with van der Waals surface area (Å²) in [5, 5.41) is 2.66. The van der Waals surface area contributed by atoms with E-state index in [1.807, 2.05) is 0 Å². The molecule has 1 N–H and O–H groups in total. The summed E-state index contributed by atoms with van der Waals surface area (Å²) in [6, 6.07) is 8.70. The maximum absolute atomic E-state index is 13.4. The van der Waals surface area contributed by atoms with E-state index in [2.05, 4.69) is 5.32 Å². The number of carbonyl (C=O) groups excluding carboxylic acids is 2. The number of amides is 2. The molecule has 9 heteroatoms. The van der Waals surface area contributed by atoms with Crippen molar-refractivity contribution in [1.29, 1.82) is 0 Å². The highest BCUT2D eigenvalue weighted by atomic mass is 19.4. The average Bonchev–Trinajstić information content (AvgIpc) is 3.28. The number of nitrogens with one attached hydrogen (secondary N) is 1. The van der Waals surface area contributed by atoms with Gasteiger partial charge in [0.15, 0.2) is 5.78 Å². The molecule has 2 fully saturated rings. The first-order valence-electron chi connectivity index (χ1n) is 9.91. The van der Waals surface area contributed by atoms with Crippen molar-refractivity contribution in [2.24, 2.45) is 11.8 Å². The molecule has 0 aromatic heterocycles. The molecule has 2 aromatic carbocycles. The fourth-order valence-electron chi connectivity index (χ4n) is 4.46. The number of para-hydroxylation sites is 1. The third-order valence-electron chi connectivity index (χ3n) is 5.93. The van der Waals surface area contributed by atoms with Crippen LogP contribution in [0.1, 0.15) is 22.8 Å². The summed E-state index contributed by atoms with van der Waals surface area (Å²) in [4.78, 5) is 27.8. The highest BCUT2D eigenvalue weighted by Crippen LogP contribution is 2.40. The average molecular weight is 435 g/mol. The van der Waals surface area contributed by atoms with Crippen LogP contribution in [0, 0.1) is 17.7 Å². The van der Waals surface area contributed by atoms with Crippen molar-refractivity contribution >= 4 is 23.2 Å². The molecule has 2 atom stereocenters. The molecule has 2 aliphatic heterocycles. The topological polar surface area (TPSA) is 52.7 Å². The Kier molecular flexibility index (Phi) is 5.36. The number of urea groups is 1. The van der Waals surface area contributed by atoms with E-state index >= 15 is 0 Å². The van der Waals surface area contributed by atoms with Crippen LogP contribution in [0.15, 0.2) is 42.5 Å². The predicted molar refractivity (Wildman–Crippen MR) is 108 cm³/mol. The lowest BCUT2D eigenvalue weighted by molar-refractivity contribution is -0.137. The molecule has 164 valence electrons. The number of likely N-dealkylation sites (tertiary alicyclic amines) is 1. The van der Waals surface area contributed by atoms with Gasteiger partial charge in [-0.05, 0) is 37.3 Å². The second-order valence-corrected chi connectivity index (χ2v) is 8.02. The smallest absolute Gasteiger partial charge is 0.370 e. The predicted octanol–water partition coefficient (Wildman–Crippen LogP) is 4.65. The molecule has 31 heavy (non-hydrogen) atoms. The number of alkyl halides is 3. The van der Waals surface area contributed by atoms with E-state index in [1.165, 1.54) is 25.1 Å². The van der Waals surface area contributed by atoms with Crippen LogP contribution in [0.3, 0.4) is 0 Å². The Hall–Kier alpha value is -3.10. The number of anilines is 2. The Balaban J connectivity index is 1.43. The summed E-state index contributed by atoms with van der Waals surface area (Å²) in [7, 11) is 0. The van der Waals surface area contributed by atoms with Gasteiger partial charge in [-0.25, -0.2) is 9.18 Å². The van der Waals surface area contributed by atoms with Crippen molar-refractivity contribution in [2.75, 3.05) is 36.4 Å². The Labute approximate surface area is 176 Å². The van der Waals surface area contributed by atoms with Crippen molar-refractivity contribution in [2.45, 2.75) is 13.1 Å². The van der Waals surface area contributed by atoms with Gasteiger partial charge in [-0.15, -0.1) is 0 Å². The fourth-order valence-corrected chi connectivity index (χ4v) is 4.46. The van der Waals surface area contributed by atoms with Gasteiger partial charge in [0.25, 0.3) is 0 Å². The lowest BCUT2D eigenvalue weighted by Gasteiger charge is -2.26. The fraction of sp³-hybridized carbons (Fsp3) is 0.364. The van der Waals surface area contributed by atoms with Gasteiger partial charge in [-0.3, -0.25) is 4.79 Å². The SMILES string of the molecule is CC(=O)c1cc(F)ccc1NC(=O)N1C[C@@H]2CN(c3ccccc3C(F)(F)F)C[C@@H]2C1. The largest absolute Gasteiger partial charge is 0.418 e. The van der Waals surface area contributed by atoms with Crippen LogP contribution in [0.5, 0.6) is 0 Å². The highest BCUT2D eigenvalue weighted by Gasteiger charge is 2.44. The number of nitrogens with zero attached hydrogens (tertiary/aromatic N) is 2. The third-order valence-corrected chi connectivity index (χ3v) is 5.93. The lowest BCUT2D eigenvalue weighted by atomic mass is 10.0. The maximum atomic E-state index is 13.4. The van der Waals surface area contributed by atoms with Crippen molar-refractivity contribution in [1.82, 2.24) is 4.90 Å². The van der Waals surface area contributed by atoms with Crippen LogP contribution < -0.4 is 10.2 Å². The Morgan fingerprint density at radius 1 is 1.00 bits per heavy atom. The summed E-state index contributed by atoms with van der Waals surface area (Å²) in [5.74, 6) is -0.842. The zero-order valence-electron chi connectivity index (χ0n) is 16.7. The second-order valence-electron chi connectivity index (χ2n) is 8.02. The standard InChI is InChI=1S/C22H21F4N3O2/c1-13(30)17-8-16(23)6-7-19(17)27-21(31)29-11-14-9-28(10-15(14)12-29)20-5-3-2-4-18(20)22(24,25)26/h2-8,14-15H,9-12H2,1H3,(H,27,31)/t14-,15+. The summed E-state index contributed by atoms with van der Waals surface area (Å²) >= 11 is 0. The number of rotatable bonds is 3. The minimum absolute atomic E-state index is 0.0486. The molecule has 2 heterocycles. The van der Waals surface area contributed by atoms with Crippen LogP contribution in [0.2, 0.25) is 0 Å². The Bertz CT molecular complexity index is 1010. The lowest BCUT2D eigenvalue weighted by Crippen LogP contribution is -2.36. The molecule has 0 saturated carbocycles. The van der Waals surface area contributed by atoms with E-state index in [1.54, 1.807) is 15.9 Å². The molecule has 4 rings (SSSR count). The van der Waals surface area contributed by atoms with E-state index < -0.39 is 23.6 Å². The Morgan fingerprint density at radius 2 is 1.65 bits per heavy atom. The zero-order chi connectivity index (χ0) is 22.3.